The minimum absolute atomic E-state index is 0.172. The molecule has 1 saturated heterocycles. The van der Waals surface area contributed by atoms with Gasteiger partial charge in [0.2, 0.25) is 5.91 Å². The van der Waals surface area contributed by atoms with Crippen molar-refractivity contribution in [2.75, 3.05) is 6.54 Å². The lowest BCUT2D eigenvalue weighted by Crippen LogP contribution is -2.40. The molecular formula is C15H12ClN5O2S. The van der Waals surface area contributed by atoms with Gasteiger partial charge in [0.15, 0.2) is 5.01 Å². The first-order valence-corrected chi connectivity index (χ1v) is 8.50. The fraction of sp³-hybridized carbons (Fsp3) is 0.200. The second-order valence-corrected chi connectivity index (χ2v) is 6.94. The topological polar surface area (TPSA) is 88.4 Å². The molecule has 0 bridgehead atoms. The summed E-state index contributed by atoms with van der Waals surface area (Å²) in [6.07, 6.45) is 4.07. The number of aromatic nitrogens is 3. The van der Waals surface area contributed by atoms with Gasteiger partial charge < -0.3 is 10.6 Å². The van der Waals surface area contributed by atoms with Crippen LogP contribution in [0.25, 0.3) is 16.8 Å². The van der Waals surface area contributed by atoms with E-state index in [1.807, 2.05) is 24.4 Å². The van der Waals surface area contributed by atoms with Crippen LogP contribution in [-0.2, 0) is 4.79 Å². The largest absolute Gasteiger partial charge is 0.354 e. The third-order valence-corrected chi connectivity index (χ3v) is 5.07. The SMILES string of the molecule is O=C(NC1CCNC1=O)c1nc(-c2cnn3ccccc23)c(Cl)s1. The summed E-state index contributed by atoms with van der Waals surface area (Å²) in [5, 5.41) is 9.84. The van der Waals surface area contributed by atoms with Crippen molar-refractivity contribution in [3.63, 3.8) is 0 Å². The lowest BCUT2D eigenvalue weighted by Gasteiger charge is -2.07. The zero-order valence-corrected chi connectivity index (χ0v) is 13.9. The summed E-state index contributed by atoms with van der Waals surface area (Å²) in [5.41, 5.74) is 2.13. The van der Waals surface area contributed by atoms with E-state index < -0.39 is 11.9 Å². The lowest BCUT2D eigenvalue weighted by atomic mass is 10.2. The molecular weight excluding hydrogens is 350 g/mol. The molecule has 2 amide bonds. The van der Waals surface area contributed by atoms with Gasteiger partial charge in [0.25, 0.3) is 5.91 Å². The Morgan fingerprint density at radius 1 is 1.46 bits per heavy atom. The Labute approximate surface area is 145 Å². The predicted molar refractivity (Wildman–Crippen MR) is 90.2 cm³/mol. The molecule has 1 aliphatic heterocycles. The van der Waals surface area contributed by atoms with Crippen LogP contribution in [-0.4, -0.2) is 39.0 Å². The Hall–Kier alpha value is -2.45. The van der Waals surface area contributed by atoms with Crippen LogP contribution in [0.15, 0.2) is 30.6 Å². The molecule has 1 unspecified atom stereocenters. The van der Waals surface area contributed by atoms with Crippen molar-refractivity contribution in [2.24, 2.45) is 0 Å². The van der Waals surface area contributed by atoms with Crippen LogP contribution in [0, 0.1) is 0 Å². The molecule has 1 fully saturated rings. The van der Waals surface area contributed by atoms with Gasteiger partial charge in [0.1, 0.15) is 16.1 Å². The molecule has 3 aromatic rings. The van der Waals surface area contributed by atoms with E-state index in [0.717, 1.165) is 22.4 Å². The highest BCUT2D eigenvalue weighted by Crippen LogP contribution is 2.34. The Kier molecular flexibility index (Phi) is 3.70. The van der Waals surface area contributed by atoms with E-state index in [4.69, 9.17) is 11.6 Å². The molecule has 0 aromatic carbocycles. The van der Waals surface area contributed by atoms with E-state index >= 15 is 0 Å². The second-order valence-electron chi connectivity index (χ2n) is 5.34. The fourth-order valence-corrected chi connectivity index (χ4v) is 3.71. The Balaban J connectivity index is 1.65. The highest BCUT2D eigenvalue weighted by Gasteiger charge is 2.28. The summed E-state index contributed by atoms with van der Waals surface area (Å²) in [4.78, 5) is 28.2. The Bertz CT molecular complexity index is 950. The number of rotatable bonds is 3. The molecule has 24 heavy (non-hydrogen) atoms. The summed E-state index contributed by atoms with van der Waals surface area (Å²) in [6.45, 7) is 0.566. The minimum Gasteiger partial charge on any atom is -0.354 e. The van der Waals surface area contributed by atoms with Crippen molar-refractivity contribution in [1.82, 2.24) is 25.2 Å². The predicted octanol–water partition coefficient (Wildman–Crippen LogP) is 1.73. The van der Waals surface area contributed by atoms with Gasteiger partial charge in [-0.2, -0.15) is 5.10 Å². The van der Waals surface area contributed by atoms with Crippen molar-refractivity contribution >= 4 is 40.3 Å². The number of fused-ring (bicyclic) bond motifs is 1. The van der Waals surface area contributed by atoms with E-state index in [1.54, 1.807) is 10.7 Å². The molecule has 0 spiro atoms. The maximum atomic E-state index is 12.3. The number of thiazole rings is 1. The number of carbonyl (C=O) groups excluding carboxylic acids is 2. The highest BCUT2D eigenvalue weighted by atomic mass is 35.5. The van der Waals surface area contributed by atoms with Crippen molar-refractivity contribution < 1.29 is 9.59 Å². The van der Waals surface area contributed by atoms with Crippen LogP contribution in [0.5, 0.6) is 0 Å². The number of halogens is 1. The number of carbonyl (C=O) groups is 2. The van der Waals surface area contributed by atoms with Crippen LogP contribution < -0.4 is 10.6 Å². The van der Waals surface area contributed by atoms with E-state index in [0.29, 0.717) is 23.0 Å². The summed E-state index contributed by atoms with van der Waals surface area (Å²) in [7, 11) is 0. The standard InChI is InChI=1S/C15H12ClN5O2S/c16-12-11(8-7-18-21-6-2-1-3-10(8)21)20-15(24-12)14(23)19-9-4-5-17-13(9)22/h1-3,6-7,9H,4-5H2,(H,17,22)(H,19,23). The normalized spacial score (nSPS) is 17.2. The number of pyridine rings is 1. The van der Waals surface area contributed by atoms with Gasteiger partial charge in [-0.15, -0.1) is 0 Å². The number of hydrogen-bond acceptors (Lipinski definition) is 5. The molecule has 0 radical (unpaired) electrons. The number of hydrogen-bond donors (Lipinski definition) is 2. The summed E-state index contributed by atoms with van der Waals surface area (Å²) >= 11 is 7.37. The molecule has 2 N–H and O–H groups in total. The van der Waals surface area contributed by atoms with Crippen molar-refractivity contribution in [3.8, 4) is 11.3 Å². The van der Waals surface area contributed by atoms with Crippen LogP contribution in [0.1, 0.15) is 16.2 Å². The number of nitrogens with zero attached hydrogens (tertiary/aromatic N) is 3. The zero-order valence-electron chi connectivity index (χ0n) is 12.3. The monoisotopic (exact) mass is 361 g/mol. The van der Waals surface area contributed by atoms with Crippen molar-refractivity contribution in [3.05, 3.63) is 39.9 Å². The van der Waals surface area contributed by atoms with Crippen LogP contribution in [0.2, 0.25) is 4.34 Å². The van der Waals surface area contributed by atoms with E-state index in [2.05, 4.69) is 20.7 Å². The molecule has 1 atom stereocenters. The quantitative estimate of drug-likeness (QED) is 0.743. The molecule has 0 aliphatic carbocycles. The molecule has 1 aliphatic rings. The van der Waals surface area contributed by atoms with Crippen LogP contribution >= 0.6 is 22.9 Å². The van der Waals surface area contributed by atoms with Gasteiger partial charge in [0.05, 0.1) is 11.7 Å². The molecule has 9 heteroatoms. The van der Waals surface area contributed by atoms with Gasteiger partial charge in [-0.05, 0) is 18.6 Å². The van der Waals surface area contributed by atoms with Crippen LogP contribution in [0.3, 0.4) is 0 Å². The number of amides is 2. The van der Waals surface area contributed by atoms with Gasteiger partial charge in [0, 0.05) is 18.3 Å². The highest BCUT2D eigenvalue weighted by molar-refractivity contribution is 7.18. The Morgan fingerprint density at radius 3 is 3.12 bits per heavy atom. The first-order chi connectivity index (χ1) is 11.6. The van der Waals surface area contributed by atoms with Gasteiger partial charge >= 0.3 is 0 Å². The second kappa shape index (κ2) is 5.88. The molecule has 3 aromatic heterocycles. The van der Waals surface area contributed by atoms with Crippen molar-refractivity contribution in [1.29, 1.82) is 0 Å². The van der Waals surface area contributed by atoms with Gasteiger partial charge in [-0.25, -0.2) is 9.50 Å². The Morgan fingerprint density at radius 2 is 2.33 bits per heavy atom. The molecule has 7 nitrogen and oxygen atoms in total. The maximum absolute atomic E-state index is 12.3. The average molecular weight is 362 g/mol. The van der Waals surface area contributed by atoms with E-state index in [1.165, 1.54) is 0 Å². The zero-order chi connectivity index (χ0) is 16.7. The summed E-state index contributed by atoms with van der Waals surface area (Å²) in [5.74, 6) is -0.569. The molecule has 4 rings (SSSR count). The maximum Gasteiger partial charge on any atom is 0.280 e. The third kappa shape index (κ3) is 2.53. The van der Waals surface area contributed by atoms with Crippen molar-refractivity contribution in [2.45, 2.75) is 12.5 Å². The van der Waals surface area contributed by atoms with Gasteiger partial charge in [-0.1, -0.05) is 29.0 Å². The summed E-state index contributed by atoms with van der Waals surface area (Å²) in [6, 6.07) is 5.16. The number of nitrogens with one attached hydrogen (secondary N) is 2. The first-order valence-electron chi connectivity index (χ1n) is 7.31. The van der Waals surface area contributed by atoms with E-state index in [-0.39, 0.29) is 10.9 Å². The molecule has 0 saturated carbocycles. The lowest BCUT2D eigenvalue weighted by molar-refractivity contribution is -0.120. The molecule has 4 heterocycles. The van der Waals surface area contributed by atoms with Gasteiger partial charge in [-0.3, -0.25) is 9.59 Å². The third-order valence-electron chi connectivity index (χ3n) is 3.82. The minimum atomic E-state index is -0.513. The first kappa shape index (κ1) is 15.1. The van der Waals surface area contributed by atoms with Crippen LogP contribution in [0.4, 0.5) is 0 Å². The summed E-state index contributed by atoms with van der Waals surface area (Å²) < 4.78 is 2.13. The average Bonchev–Trinajstić information content (AvgIpc) is 3.27. The van der Waals surface area contributed by atoms with E-state index in [9.17, 15) is 9.59 Å². The smallest absolute Gasteiger partial charge is 0.280 e. The fourth-order valence-electron chi connectivity index (χ4n) is 2.63. The molecule has 122 valence electrons.